The van der Waals surface area contributed by atoms with E-state index in [9.17, 15) is 4.79 Å². The van der Waals surface area contributed by atoms with E-state index in [2.05, 4.69) is 4.98 Å². The van der Waals surface area contributed by atoms with Crippen molar-refractivity contribution >= 4 is 5.91 Å². The molecule has 1 aromatic carbocycles. The Bertz CT molecular complexity index is 732. The summed E-state index contributed by atoms with van der Waals surface area (Å²) >= 11 is 0. The highest BCUT2D eigenvalue weighted by atomic mass is 16.5. The summed E-state index contributed by atoms with van der Waals surface area (Å²) in [5.41, 5.74) is 0.518. The summed E-state index contributed by atoms with van der Waals surface area (Å²) in [6.07, 6.45) is 5.01. The summed E-state index contributed by atoms with van der Waals surface area (Å²) in [6, 6.07) is 13.5. The molecule has 1 amide bonds. The number of rotatable bonds is 5. The number of carbonyl (C=O) groups is 1. The molecule has 1 aromatic heterocycles. The van der Waals surface area contributed by atoms with E-state index in [1.807, 2.05) is 41.3 Å². The van der Waals surface area contributed by atoms with Crippen LogP contribution in [0, 0.1) is 5.92 Å². The fourth-order valence-corrected chi connectivity index (χ4v) is 4.10. The first-order valence-electron chi connectivity index (χ1n) is 8.77. The van der Waals surface area contributed by atoms with Crippen molar-refractivity contribution in [2.75, 3.05) is 13.7 Å². The molecular formula is C20H22N2O3. The largest absolute Gasteiger partial charge is 0.497 e. The molecule has 3 atom stereocenters. The van der Waals surface area contributed by atoms with Crippen LogP contribution in [0.4, 0.5) is 0 Å². The molecule has 2 aliphatic rings. The van der Waals surface area contributed by atoms with E-state index in [0.29, 0.717) is 24.3 Å². The summed E-state index contributed by atoms with van der Waals surface area (Å²) in [7, 11) is 1.65. The predicted molar refractivity (Wildman–Crippen MR) is 93.8 cm³/mol. The van der Waals surface area contributed by atoms with Crippen LogP contribution in [0.2, 0.25) is 0 Å². The minimum Gasteiger partial charge on any atom is -0.497 e. The van der Waals surface area contributed by atoms with E-state index in [0.717, 1.165) is 24.3 Å². The first-order chi connectivity index (χ1) is 12.3. The Hall–Kier alpha value is -2.56. The van der Waals surface area contributed by atoms with Crippen molar-refractivity contribution in [1.29, 1.82) is 0 Å². The third-order valence-corrected chi connectivity index (χ3v) is 5.34. The Labute approximate surface area is 147 Å². The lowest BCUT2D eigenvalue weighted by Crippen LogP contribution is -2.48. The maximum absolute atomic E-state index is 12.9. The predicted octanol–water partition coefficient (Wildman–Crippen LogP) is 3.16. The second-order valence-electron chi connectivity index (χ2n) is 6.71. The zero-order valence-corrected chi connectivity index (χ0v) is 14.3. The quantitative estimate of drug-likeness (QED) is 0.840. The minimum atomic E-state index is 0.0242. The number of aromatic nitrogens is 1. The highest BCUT2D eigenvalue weighted by molar-refractivity contribution is 5.93. The molecule has 5 nitrogen and oxygen atoms in total. The molecule has 1 aliphatic carbocycles. The molecule has 0 spiro atoms. The number of amides is 1. The summed E-state index contributed by atoms with van der Waals surface area (Å²) in [5, 5.41) is 0. The SMILES string of the molecule is COc1ccc(OC[C@@H]2[C@@H]3CC[C@H](C3)N2C(=O)c2ccccn2)cc1. The van der Waals surface area contributed by atoms with Gasteiger partial charge in [0, 0.05) is 12.2 Å². The van der Waals surface area contributed by atoms with Gasteiger partial charge in [-0.1, -0.05) is 6.07 Å². The summed E-state index contributed by atoms with van der Waals surface area (Å²) in [5.74, 6) is 2.15. The molecule has 4 rings (SSSR count). The van der Waals surface area contributed by atoms with Gasteiger partial charge in [-0.3, -0.25) is 9.78 Å². The number of benzene rings is 1. The molecule has 0 radical (unpaired) electrons. The van der Waals surface area contributed by atoms with Crippen molar-refractivity contribution in [2.45, 2.75) is 31.3 Å². The summed E-state index contributed by atoms with van der Waals surface area (Å²) < 4.78 is 11.2. The smallest absolute Gasteiger partial charge is 0.273 e. The van der Waals surface area contributed by atoms with E-state index in [-0.39, 0.29) is 11.9 Å². The van der Waals surface area contributed by atoms with Crippen LogP contribution >= 0.6 is 0 Å². The molecule has 2 aromatic rings. The van der Waals surface area contributed by atoms with E-state index >= 15 is 0 Å². The molecule has 1 saturated carbocycles. The highest BCUT2D eigenvalue weighted by Gasteiger charge is 2.48. The molecule has 2 bridgehead atoms. The number of hydrogen-bond acceptors (Lipinski definition) is 4. The zero-order chi connectivity index (χ0) is 17.2. The number of ether oxygens (including phenoxy) is 2. The Morgan fingerprint density at radius 1 is 1.16 bits per heavy atom. The van der Waals surface area contributed by atoms with Crippen molar-refractivity contribution in [1.82, 2.24) is 9.88 Å². The van der Waals surface area contributed by atoms with Crippen LogP contribution < -0.4 is 9.47 Å². The lowest BCUT2D eigenvalue weighted by Gasteiger charge is -2.35. The number of pyridine rings is 1. The Balaban J connectivity index is 1.48. The Kier molecular flexibility index (Phi) is 4.30. The molecule has 2 fully saturated rings. The Morgan fingerprint density at radius 2 is 1.96 bits per heavy atom. The maximum atomic E-state index is 12.9. The van der Waals surface area contributed by atoms with E-state index in [1.54, 1.807) is 19.4 Å². The van der Waals surface area contributed by atoms with Gasteiger partial charge in [0.2, 0.25) is 0 Å². The second kappa shape index (κ2) is 6.75. The zero-order valence-electron chi connectivity index (χ0n) is 14.3. The first kappa shape index (κ1) is 15.9. The van der Waals surface area contributed by atoms with Crippen LogP contribution in [0.5, 0.6) is 11.5 Å². The number of likely N-dealkylation sites (tertiary alicyclic amines) is 1. The highest BCUT2D eigenvalue weighted by Crippen LogP contribution is 2.43. The van der Waals surface area contributed by atoms with Gasteiger partial charge in [0.25, 0.3) is 5.91 Å². The number of nitrogens with zero attached hydrogens (tertiary/aromatic N) is 2. The molecule has 0 N–H and O–H groups in total. The fraction of sp³-hybridized carbons (Fsp3) is 0.400. The number of carbonyl (C=O) groups excluding carboxylic acids is 1. The van der Waals surface area contributed by atoms with Crippen LogP contribution in [0.1, 0.15) is 29.8 Å². The minimum absolute atomic E-state index is 0.0242. The van der Waals surface area contributed by atoms with Crippen molar-refractivity contribution in [3.05, 3.63) is 54.4 Å². The van der Waals surface area contributed by atoms with Gasteiger partial charge in [-0.2, -0.15) is 0 Å². The van der Waals surface area contributed by atoms with Crippen LogP contribution in [-0.4, -0.2) is 41.6 Å². The number of methoxy groups -OCH3 is 1. The summed E-state index contributed by atoms with van der Waals surface area (Å²) in [6.45, 7) is 0.520. The van der Waals surface area contributed by atoms with Gasteiger partial charge in [0.15, 0.2) is 0 Å². The molecule has 0 unspecified atom stereocenters. The normalized spacial score (nSPS) is 24.4. The fourth-order valence-electron chi connectivity index (χ4n) is 4.10. The Morgan fingerprint density at radius 3 is 2.68 bits per heavy atom. The summed E-state index contributed by atoms with van der Waals surface area (Å²) in [4.78, 5) is 19.2. The topological polar surface area (TPSA) is 51.7 Å². The van der Waals surface area contributed by atoms with Crippen LogP contribution in [0.15, 0.2) is 48.7 Å². The average molecular weight is 338 g/mol. The molecule has 130 valence electrons. The van der Waals surface area contributed by atoms with Crippen molar-refractivity contribution in [2.24, 2.45) is 5.92 Å². The van der Waals surface area contributed by atoms with E-state index in [1.165, 1.54) is 6.42 Å². The first-order valence-corrected chi connectivity index (χ1v) is 8.77. The van der Waals surface area contributed by atoms with Crippen molar-refractivity contribution in [3.8, 4) is 11.5 Å². The number of hydrogen-bond donors (Lipinski definition) is 0. The molecule has 2 heterocycles. The second-order valence-corrected chi connectivity index (χ2v) is 6.71. The van der Waals surface area contributed by atoms with Gasteiger partial charge < -0.3 is 14.4 Å². The van der Waals surface area contributed by atoms with Crippen molar-refractivity contribution in [3.63, 3.8) is 0 Å². The molecular weight excluding hydrogens is 316 g/mol. The van der Waals surface area contributed by atoms with Crippen molar-refractivity contribution < 1.29 is 14.3 Å². The van der Waals surface area contributed by atoms with Crippen LogP contribution in [0.3, 0.4) is 0 Å². The van der Waals surface area contributed by atoms with Crippen LogP contribution in [0.25, 0.3) is 0 Å². The van der Waals surface area contributed by atoms with Gasteiger partial charge in [0.05, 0.1) is 13.2 Å². The monoisotopic (exact) mass is 338 g/mol. The van der Waals surface area contributed by atoms with Gasteiger partial charge in [0.1, 0.15) is 23.8 Å². The van der Waals surface area contributed by atoms with Gasteiger partial charge in [-0.25, -0.2) is 0 Å². The average Bonchev–Trinajstić information content (AvgIpc) is 3.28. The number of piperidine rings is 1. The number of fused-ring (bicyclic) bond motifs is 2. The molecule has 1 aliphatic heterocycles. The third-order valence-electron chi connectivity index (χ3n) is 5.34. The molecule has 25 heavy (non-hydrogen) atoms. The van der Waals surface area contributed by atoms with Crippen LogP contribution in [-0.2, 0) is 0 Å². The third kappa shape index (κ3) is 3.06. The van der Waals surface area contributed by atoms with Gasteiger partial charge >= 0.3 is 0 Å². The molecule has 5 heteroatoms. The van der Waals surface area contributed by atoms with Gasteiger partial charge in [-0.15, -0.1) is 0 Å². The standard InChI is InChI=1S/C20H22N2O3/c1-24-16-7-9-17(10-8-16)25-13-19-14-5-6-15(12-14)22(19)20(23)18-4-2-3-11-21-18/h2-4,7-11,14-15,19H,5-6,12-13H2,1H3/t14-,15-,19-/m1/s1. The molecule has 1 saturated heterocycles. The van der Waals surface area contributed by atoms with E-state index in [4.69, 9.17) is 9.47 Å². The lowest BCUT2D eigenvalue weighted by molar-refractivity contribution is 0.0500. The van der Waals surface area contributed by atoms with E-state index < -0.39 is 0 Å². The lowest BCUT2D eigenvalue weighted by atomic mass is 9.99. The van der Waals surface area contributed by atoms with Gasteiger partial charge in [-0.05, 0) is 61.6 Å². The maximum Gasteiger partial charge on any atom is 0.273 e.